The fourth-order valence-electron chi connectivity index (χ4n) is 9.31. The molecule has 5 heterocycles. The summed E-state index contributed by atoms with van der Waals surface area (Å²) < 4.78 is 92.2. The van der Waals surface area contributed by atoms with Crippen molar-refractivity contribution in [2.24, 2.45) is 5.92 Å². The minimum atomic E-state index is -4.98. The fraction of sp³-hybridized carbons (Fsp3) is 0.574. The average Bonchev–Trinajstić information content (AvgIpc) is 4.14. The van der Waals surface area contributed by atoms with Crippen LogP contribution in [0.15, 0.2) is 59.5 Å². The molecule has 0 unspecified atom stereocenters. The van der Waals surface area contributed by atoms with Gasteiger partial charge in [-0.2, -0.15) is 13.2 Å². The molecular weight excluding hydrogens is 898 g/mol. The van der Waals surface area contributed by atoms with E-state index in [9.17, 15) is 32.4 Å². The zero-order valence-corrected chi connectivity index (χ0v) is 38.8. The molecule has 3 N–H and O–H groups in total. The van der Waals surface area contributed by atoms with Crippen molar-refractivity contribution in [3.8, 4) is 11.5 Å². The molecule has 3 fully saturated rings. The lowest BCUT2D eigenvalue weighted by Gasteiger charge is -2.37. The van der Waals surface area contributed by atoms with Gasteiger partial charge in [-0.25, -0.2) is 18.2 Å². The highest BCUT2D eigenvalue weighted by Crippen LogP contribution is 2.50. The van der Waals surface area contributed by atoms with Crippen LogP contribution >= 0.6 is 0 Å². The second-order valence-electron chi connectivity index (χ2n) is 19.8. The van der Waals surface area contributed by atoms with Crippen molar-refractivity contribution >= 4 is 44.7 Å². The summed E-state index contributed by atoms with van der Waals surface area (Å²) in [7, 11) is -4.12. The van der Waals surface area contributed by atoms with Crippen LogP contribution in [0.3, 0.4) is 0 Å². The normalized spacial score (nSPS) is 26.7. The van der Waals surface area contributed by atoms with Gasteiger partial charge in [0.25, 0.3) is 5.91 Å². The summed E-state index contributed by atoms with van der Waals surface area (Å²) in [4.78, 5) is 74.2. The number of benzene rings is 1. The second-order valence-corrected chi connectivity index (χ2v) is 22.0. The molecule has 2 aromatic heterocycles. The number of aromatic nitrogens is 2. The lowest BCUT2D eigenvalue weighted by molar-refractivity contribution is -0.144. The van der Waals surface area contributed by atoms with Gasteiger partial charge in [0.05, 0.1) is 23.4 Å². The Hall–Kier alpha value is -5.66. The van der Waals surface area contributed by atoms with E-state index in [1.807, 2.05) is 6.08 Å². The highest BCUT2D eigenvalue weighted by Gasteiger charge is 2.64. The maximum atomic E-state index is 15.0. The molecule has 2 aliphatic carbocycles. The molecule has 67 heavy (non-hydrogen) atoms. The Morgan fingerprint density at radius 1 is 1.03 bits per heavy atom. The maximum absolute atomic E-state index is 15.0. The summed E-state index contributed by atoms with van der Waals surface area (Å²) >= 11 is 0. The van der Waals surface area contributed by atoms with Crippen LogP contribution in [0.1, 0.15) is 110 Å². The predicted octanol–water partition coefficient (Wildman–Crippen LogP) is 5.84. The van der Waals surface area contributed by atoms with Gasteiger partial charge in [-0.05, 0) is 110 Å². The van der Waals surface area contributed by atoms with E-state index < -0.39 is 90.9 Å². The Morgan fingerprint density at radius 3 is 2.52 bits per heavy atom. The number of nitrogens with zero attached hydrogens (tertiary/aromatic N) is 3. The molecule has 1 aromatic carbocycles. The van der Waals surface area contributed by atoms with Gasteiger partial charge < -0.3 is 34.3 Å². The standard InChI is InChI=1S/C47H57F3N6O10S/c1-43(2,3)66-42(61)52-34-14-9-7-5-6-8-13-29-26-46(29,41(60)54-67(62,63)44(4)20-21-44)53-39(58)35-27-45(28-56(35)40(34)59)19-18-31-32-25-30(64-24-12-23-55-22-11-10-15-36(55)57)16-17-33(32)51-38(37(31)65-45)47(48,49)50/h8,10-11,13,15-17,22,25,29,34-35H,5-7,9,12,14,18-21,23-24,26-28H2,1-4H3,(H,52,61)(H,53,58)(H,54,60)/b13-8-/t29-,34+,35+,45-,46-/m1/s1. The third-order valence-electron chi connectivity index (χ3n) is 13.4. The molecule has 0 radical (unpaired) electrons. The number of hydrogen-bond acceptors (Lipinski definition) is 11. The molecule has 362 valence electrons. The van der Waals surface area contributed by atoms with Gasteiger partial charge in [0, 0.05) is 42.1 Å². The Morgan fingerprint density at radius 2 is 1.81 bits per heavy atom. The Kier molecular flexibility index (Phi) is 12.7. The number of aryl methyl sites for hydroxylation is 2. The van der Waals surface area contributed by atoms with Crippen LogP contribution < -0.4 is 30.4 Å². The predicted molar refractivity (Wildman–Crippen MR) is 238 cm³/mol. The van der Waals surface area contributed by atoms with Crippen molar-refractivity contribution in [1.82, 2.24) is 29.8 Å². The van der Waals surface area contributed by atoms with E-state index >= 15 is 13.2 Å². The number of sulfonamides is 1. The smallest absolute Gasteiger partial charge is 0.437 e. The van der Waals surface area contributed by atoms with Crippen LogP contribution in [0.25, 0.3) is 10.9 Å². The largest absolute Gasteiger partial charge is 0.494 e. The third kappa shape index (κ3) is 10.1. The van der Waals surface area contributed by atoms with Crippen molar-refractivity contribution in [2.45, 2.75) is 151 Å². The number of amides is 4. The summed E-state index contributed by atoms with van der Waals surface area (Å²) in [5, 5.41) is 5.82. The molecule has 16 nitrogen and oxygen atoms in total. The molecule has 3 aromatic rings. The van der Waals surface area contributed by atoms with Gasteiger partial charge in [0.1, 0.15) is 34.6 Å². The van der Waals surface area contributed by atoms with Crippen molar-refractivity contribution in [3.05, 3.63) is 76.4 Å². The fourth-order valence-corrected chi connectivity index (χ4v) is 10.6. The van der Waals surface area contributed by atoms with Crippen molar-refractivity contribution in [1.29, 1.82) is 0 Å². The molecule has 1 saturated heterocycles. The van der Waals surface area contributed by atoms with Gasteiger partial charge in [0.15, 0.2) is 11.4 Å². The average molecular weight is 955 g/mol. The monoisotopic (exact) mass is 954 g/mol. The number of nitrogens with one attached hydrogen (secondary N) is 3. The molecule has 3 aliphatic heterocycles. The Balaban J connectivity index is 1.12. The molecule has 2 saturated carbocycles. The van der Waals surface area contributed by atoms with Gasteiger partial charge in [0.2, 0.25) is 27.4 Å². The molecule has 4 amide bonds. The third-order valence-corrected chi connectivity index (χ3v) is 15.6. The zero-order valence-electron chi connectivity index (χ0n) is 38.0. The highest BCUT2D eigenvalue weighted by molar-refractivity contribution is 7.91. The molecule has 0 bridgehead atoms. The van der Waals surface area contributed by atoms with E-state index in [-0.39, 0.29) is 61.9 Å². The highest BCUT2D eigenvalue weighted by atomic mass is 32.2. The van der Waals surface area contributed by atoms with Crippen molar-refractivity contribution < 1.29 is 55.0 Å². The van der Waals surface area contributed by atoms with Gasteiger partial charge in [-0.15, -0.1) is 0 Å². The zero-order chi connectivity index (χ0) is 48.2. The van der Waals surface area contributed by atoms with Gasteiger partial charge >= 0.3 is 12.3 Å². The van der Waals surface area contributed by atoms with Crippen LogP contribution in [-0.2, 0) is 48.3 Å². The Labute approximate surface area is 386 Å². The van der Waals surface area contributed by atoms with Gasteiger partial charge in [-0.3, -0.25) is 23.9 Å². The quantitative estimate of drug-likeness (QED) is 0.172. The van der Waals surface area contributed by atoms with Crippen LogP contribution in [0.2, 0.25) is 0 Å². The molecule has 20 heteroatoms. The summed E-state index contributed by atoms with van der Waals surface area (Å²) in [5.74, 6) is -3.23. The first kappa shape index (κ1) is 47.8. The van der Waals surface area contributed by atoms with E-state index in [1.165, 1.54) is 34.6 Å². The maximum Gasteiger partial charge on any atom is 0.437 e. The summed E-state index contributed by atoms with van der Waals surface area (Å²) in [6.07, 6.45) is 3.04. The van der Waals surface area contributed by atoms with Crippen LogP contribution in [0.4, 0.5) is 18.0 Å². The number of allylic oxidation sites excluding steroid dienone is 1. The first-order valence-corrected chi connectivity index (χ1v) is 24.4. The minimum Gasteiger partial charge on any atom is -0.494 e. The number of ether oxygens (including phenoxy) is 3. The number of halogens is 3. The van der Waals surface area contributed by atoms with E-state index in [0.717, 1.165) is 0 Å². The minimum absolute atomic E-state index is 0.0175. The Bertz CT molecular complexity index is 2660. The first-order chi connectivity index (χ1) is 31.5. The number of alkyl carbamates (subject to hydrolysis) is 1. The van der Waals surface area contributed by atoms with E-state index in [0.29, 0.717) is 62.6 Å². The summed E-state index contributed by atoms with van der Waals surface area (Å²) in [5.41, 5.74) is -5.38. The molecular formula is C47H57F3N6O10S. The lowest BCUT2D eigenvalue weighted by atomic mass is 9.87. The van der Waals surface area contributed by atoms with E-state index in [2.05, 4.69) is 20.3 Å². The van der Waals surface area contributed by atoms with Crippen molar-refractivity contribution in [2.75, 3.05) is 13.2 Å². The van der Waals surface area contributed by atoms with Crippen molar-refractivity contribution in [3.63, 3.8) is 0 Å². The van der Waals surface area contributed by atoms with Gasteiger partial charge in [-0.1, -0.05) is 31.1 Å². The lowest BCUT2D eigenvalue weighted by Crippen LogP contribution is -2.58. The number of hydrogen-bond donors (Lipinski definition) is 3. The number of rotatable bonds is 9. The SMILES string of the molecule is CC(C)(C)OC(=O)N[C@H]1CCCCC/C=C\[C@@H]2C[C@@]2(C(=O)NS(=O)(=O)C2(C)CC2)NC(=O)[C@@H]2C[C@]3(CCc4c(c(C(F)(F)F)nc5ccc(OCCCn6ccccc6=O)cc45)O3)CN2C1=O. The number of fused-ring (bicyclic) bond motifs is 5. The summed E-state index contributed by atoms with van der Waals surface area (Å²) in [6.45, 7) is 6.73. The number of alkyl halides is 3. The molecule has 5 aliphatic rings. The molecule has 8 rings (SSSR count). The topological polar surface area (TPSA) is 204 Å². The van der Waals surface area contributed by atoms with Crippen LogP contribution in [-0.4, -0.2) is 93.4 Å². The number of carbonyl (C=O) groups is 4. The number of carbonyl (C=O) groups excluding carboxylic acids is 4. The molecule has 1 spiro atoms. The van der Waals surface area contributed by atoms with Crippen LogP contribution in [0.5, 0.6) is 11.5 Å². The second kappa shape index (κ2) is 17.8. The summed E-state index contributed by atoms with van der Waals surface area (Å²) in [6, 6.07) is 6.74. The van der Waals surface area contributed by atoms with E-state index in [4.69, 9.17) is 14.2 Å². The number of pyridine rings is 2. The first-order valence-electron chi connectivity index (χ1n) is 22.9. The van der Waals surface area contributed by atoms with E-state index in [1.54, 1.807) is 51.2 Å². The molecule has 5 atom stereocenters. The van der Waals surface area contributed by atoms with Crippen LogP contribution in [0, 0.1) is 5.92 Å².